The van der Waals surface area contributed by atoms with Gasteiger partial charge >= 0.3 is 0 Å². The van der Waals surface area contributed by atoms with Crippen LogP contribution in [0, 0.1) is 0 Å². The smallest absolute Gasteiger partial charge is 0.112 e. The zero-order chi connectivity index (χ0) is 20.8. The van der Waals surface area contributed by atoms with Gasteiger partial charge in [-0.25, -0.2) is 0 Å². The lowest BCUT2D eigenvalue weighted by atomic mass is 10.1. The lowest BCUT2D eigenvalue weighted by Crippen LogP contribution is -2.59. The van der Waals surface area contributed by atoms with E-state index in [0.29, 0.717) is 0 Å². The second kappa shape index (κ2) is 10.5. The highest BCUT2D eigenvalue weighted by Crippen LogP contribution is 2.22. The van der Waals surface area contributed by atoms with Crippen molar-refractivity contribution in [3.8, 4) is 0 Å². The number of hydrogen-bond donors (Lipinski definition) is 0. The molecule has 0 atom stereocenters. The van der Waals surface area contributed by atoms with Crippen molar-refractivity contribution >= 4 is 32.9 Å². The highest BCUT2D eigenvalue weighted by atomic mass is 28.4. The van der Waals surface area contributed by atoms with Crippen LogP contribution in [-0.4, -0.2) is 54.5 Å². The van der Waals surface area contributed by atoms with Crippen LogP contribution in [0.4, 0.5) is 0 Å². The molecule has 0 fully saturated rings. The first kappa shape index (κ1) is 26.8. The second-order valence-corrected chi connectivity index (χ2v) is 32.5. The van der Waals surface area contributed by atoms with Crippen molar-refractivity contribution < 1.29 is 0 Å². The van der Waals surface area contributed by atoms with Gasteiger partial charge in [-0.3, -0.25) is 0 Å². The molecule has 0 aromatic carbocycles. The standard InChI is InChI=1S/C20H52N2Si4/c1-23(2,3)21(24(4,5)6)19-17-15-13-14-16-18-20-22(25(7,8)9)26(10,11)12/h13-20H2,1-12H3. The number of unbranched alkanes of at least 4 members (excludes halogenated alkanes) is 5. The Balaban J connectivity index is 4.08. The molecule has 0 aromatic rings. The molecule has 0 saturated carbocycles. The average Bonchev–Trinajstić information content (AvgIpc) is 2.34. The van der Waals surface area contributed by atoms with E-state index < -0.39 is 32.9 Å². The molecule has 0 aliphatic carbocycles. The molecule has 0 radical (unpaired) electrons. The fourth-order valence-electron chi connectivity index (χ4n) is 4.60. The lowest BCUT2D eigenvalue weighted by Gasteiger charge is -2.43. The first-order valence-electron chi connectivity index (χ1n) is 11.0. The van der Waals surface area contributed by atoms with Gasteiger partial charge in [-0.2, -0.15) is 0 Å². The van der Waals surface area contributed by atoms with Crippen molar-refractivity contribution in [2.24, 2.45) is 0 Å². The fraction of sp³-hybridized carbons (Fsp3) is 1.00. The number of rotatable bonds is 13. The van der Waals surface area contributed by atoms with Crippen LogP contribution in [0.5, 0.6) is 0 Å². The average molecular weight is 433 g/mol. The molecule has 26 heavy (non-hydrogen) atoms. The maximum atomic E-state index is 2.94. The summed E-state index contributed by atoms with van der Waals surface area (Å²) in [6.07, 6.45) is 8.54. The molecule has 0 amide bonds. The summed E-state index contributed by atoms with van der Waals surface area (Å²) in [6.45, 7) is 33.0. The third-order valence-corrected chi connectivity index (χ3v) is 20.7. The molecule has 0 unspecified atom stereocenters. The summed E-state index contributed by atoms with van der Waals surface area (Å²) in [5.41, 5.74) is 0. The molecule has 0 saturated heterocycles. The predicted octanol–water partition coefficient (Wildman–Crippen LogP) is 7.27. The van der Waals surface area contributed by atoms with Gasteiger partial charge in [-0.05, 0) is 25.9 Å². The van der Waals surface area contributed by atoms with Crippen LogP contribution in [-0.2, 0) is 0 Å². The largest absolute Gasteiger partial charge is 0.346 e. The fourth-order valence-corrected chi connectivity index (χ4v) is 24.0. The molecule has 0 bridgehead atoms. The Labute approximate surface area is 171 Å². The summed E-state index contributed by atoms with van der Waals surface area (Å²) in [5.74, 6) is 0. The summed E-state index contributed by atoms with van der Waals surface area (Å²) < 4.78 is 5.89. The lowest BCUT2D eigenvalue weighted by molar-refractivity contribution is 0.509. The van der Waals surface area contributed by atoms with Gasteiger partial charge < -0.3 is 8.46 Å². The van der Waals surface area contributed by atoms with Gasteiger partial charge in [0.2, 0.25) is 0 Å². The van der Waals surface area contributed by atoms with Gasteiger partial charge in [0.15, 0.2) is 0 Å². The van der Waals surface area contributed by atoms with Crippen LogP contribution < -0.4 is 0 Å². The monoisotopic (exact) mass is 432 g/mol. The quantitative estimate of drug-likeness (QED) is 0.223. The molecule has 0 heterocycles. The molecule has 6 heteroatoms. The van der Waals surface area contributed by atoms with Crippen LogP contribution in [0.25, 0.3) is 0 Å². The van der Waals surface area contributed by atoms with Crippen LogP contribution >= 0.6 is 0 Å². The summed E-state index contributed by atoms with van der Waals surface area (Å²) in [6, 6.07) is 0. The molecule has 158 valence electrons. The molecule has 0 N–H and O–H groups in total. The Morgan fingerprint density at radius 1 is 0.346 bits per heavy atom. The summed E-state index contributed by atoms with van der Waals surface area (Å²) in [7, 11) is -4.62. The van der Waals surface area contributed by atoms with E-state index in [2.05, 4.69) is 87.0 Å². The Kier molecular flexibility index (Phi) is 10.9. The van der Waals surface area contributed by atoms with E-state index in [9.17, 15) is 0 Å². The van der Waals surface area contributed by atoms with Gasteiger partial charge in [-0.1, -0.05) is 104 Å². The van der Waals surface area contributed by atoms with E-state index in [1.807, 2.05) is 0 Å². The van der Waals surface area contributed by atoms with E-state index in [0.717, 1.165) is 0 Å². The first-order chi connectivity index (χ1) is 11.5. The van der Waals surface area contributed by atoms with E-state index in [1.54, 1.807) is 0 Å². The van der Waals surface area contributed by atoms with E-state index in [-0.39, 0.29) is 0 Å². The van der Waals surface area contributed by atoms with Crippen LogP contribution in [0.3, 0.4) is 0 Å². The maximum absolute atomic E-state index is 2.94. The zero-order valence-electron chi connectivity index (χ0n) is 20.6. The van der Waals surface area contributed by atoms with Crippen molar-refractivity contribution in [2.75, 3.05) is 13.1 Å². The number of hydrogen-bond acceptors (Lipinski definition) is 2. The Morgan fingerprint density at radius 3 is 0.731 bits per heavy atom. The van der Waals surface area contributed by atoms with Gasteiger partial charge in [0.1, 0.15) is 32.9 Å². The Hall–Kier alpha value is 0.788. The van der Waals surface area contributed by atoms with E-state index >= 15 is 0 Å². The molecule has 0 spiro atoms. The molecule has 0 aromatic heterocycles. The van der Waals surface area contributed by atoms with Gasteiger partial charge in [-0.15, -0.1) is 0 Å². The van der Waals surface area contributed by atoms with Crippen molar-refractivity contribution in [3.63, 3.8) is 0 Å². The van der Waals surface area contributed by atoms with Gasteiger partial charge in [0, 0.05) is 0 Å². The molecular formula is C20H52N2Si4. The minimum atomic E-state index is -1.15. The minimum Gasteiger partial charge on any atom is -0.346 e. The Morgan fingerprint density at radius 2 is 0.538 bits per heavy atom. The number of nitrogens with zero attached hydrogens (tertiary/aromatic N) is 2. The van der Waals surface area contributed by atoms with Crippen molar-refractivity contribution in [2.45, 2.75) is 117 Å². The van der Waals surface area contributed by atoms with Crippen molar-refractivity contribution in [3.05, 3.63) is 0 Å². The van der Waals surface area contributed by atoms with E-state index in [4.69, 9.17) is 0 Å². The predicted molar refractivity (Wildman–Crippen MR) is 134 cm³/mol. The molecule has 0 aliphatic rings. The first-order valence-corrected chi connectivity index (χ1v) is 24.8. The molecule has 0 aliphatic heterocycles. The third-order valence-electron chi connectivity index (χ3n) is 5.25. The topological polar surface area (TPSA) is 6.48 Å². The van der Waals surface area contributed by atoms with Crippen molar-refractivity contribution in [1.29, 1.82) is 0 Å². The normalized spacial score (nSPS) is 14.5. The molecular weight excluding hydrogens is 381 g/mol. The summed E-state index contributed by atoms with van der Waals surface area (Å²) in [5, 5.41) is 0. The van der Waals surface area contributed by atoms with Crippen LogP contribution in [0.15, 0.2) is 0 Å². The van der Waals surface area contributed by atoms with Crippen molar-refractivity contribution in [1.82, 2.24) is 8.46 Å². The minimum absolute atomic E-state index is 1.15. The van der Waals surface area contributed by atoms with Gasteiger partial charge in [0.05, 0.1) is 0 Å². The summed E-state index contributed by atoms with van der Waals surface area (Å²) in [4.78, 5) is 0. The molecule has 2 nitrogen and oxygen atoms in total. The highest BCUT2D eigenvalue weighted by Gasteiger charge is 2.34. The third kappa shape index (κ3) is 11.0. The van der Waals surface area contributed by atoms with Crippen LogP contribution in [0.2, 0.25) is 78.6 Å². The zero-order valence-corrected chi connectivity index (χ0v) is 24.6. The van der Waals surface area contributed by atoms with E-state index in [1.165, 1.54) is 51.6 Å². The van der Waals surface area contributed by atoms with Crippen LogP contribution in [0.1, 0.15) is 38.5 Å². The highest BCUT2D eigenvalue weighted by molar-refractivity contribution is 6.90. The summed E-state index contributed by atoms with van der Waals surface area (Å²) >= 11 is 0. The molecule has 0 rings (SSSR count). The second-order valence-electron chi connectivity index (χ2n) is 12.1. The Bertz CT molecular complexity index is 321. The van der Waals surface area contributed by atoms with Gasteiger partial charge in [0.25, 0.3) is 0 Å². The maximum Gasteiger partial charge on any atom is 0.112 e. The SMILES string of the molecule is C[Si](C)(C)N(CCCCCCCCN([Si](C)(C)C)[Si](C)(C)C)[Si](C)(C)C.